The maximum absolute atomic E-state index is 13.1. The predicted molar refractivity (Wildman–Crippen MR) is 141 cm³/mol. The Morgan fingerprint density at radius 3 is 2.00 bits per heavy atom. The van der Waals surface area contributed by atoms with Gasteiger partial charge in [-0.15, -0.1) is 0 Å². The molecule has 3 aromatic carbocycles. The Bertz CT molecular complexity index is 1290. The summed E-state index contributed by atoms with van der Waals surface area (Å²) in [4.78, 5) is 51.0. The van der Waals surface area contributed by atoms with Crippen LogP contribution in [0.3, 0.4) is 0 Å². The largest absolute Gasteiger partial charge is 0.497 e. The second-order valence-electron chi connectivity index (χ2n) is 8.35. The summed E-state index contributed by atoms with van der Waals surface area (Å²) in [6, 6.07) is 18.4. The van der Waals surface area contributed by atoms with Crippen LogP contribution < -0.4 is 26.2 Å². The molecule has 10 heteroatoms. The number of rotatable bonds is 8. The highest BCUT2D eigenvalue weighted by atomic mass is 35.5. The average molecular weight is 523 g/mol. The third kappa shape index (κ3) is 7.08. The molecule has 0 bridgehead atoms. The summed E-state index contributed by atoms with van der Waals surface area (Å²) in [5, 5.41) is 5.64. The lowest BCUT2D eigenvalue weighted by atomic mass is 10.0. The van der Waals surface area contributed by atoms with Crippen LogP contribution in [0.4, 0.5) is 5.69 Å². The van der Waals surface area contributed by atoms with Gasteiger partial charge in [-0.25, -0.2) is 0 Å². The number of benzene rings is 3. The van der Waals surface area contributed by atoms with Crippen LogP contribution in [0.15, 0.2) is 72.8 Å². The fraction of sp³-hybridized carbons (Fsp3) is 0.185. The molecule has 9 nitrogen and oxygen atoms in total. The number of anilines is 1. The van der Waals surface area contributed by atoms with Crippen molar-refractivity contribution in [2.24, 2.45) is 5.92 Å². The minimum absolute atomic E-state index is 0.169. The monoisotopic (exact) mass is 522 g/mol. The van der Waals surface area contributed by atoms with Gasteiger partial charge in [0.25, 0.3) is 23.6 Å². The number of nitrogens with one attached hydrogen (secondary N) is 4. The Morgan fingerprint density at radius 1 is 0.757 bits per heavy atom. The summed E-state index contributed by atoms with van der Waals surface area (Å²) < 4.78 is 5.11. The Kier molecular flexibility index (Phi) is 9.23. The van der Waals surface area contributed by atoms with E-state index in [9.17, 15) is 19.2 Å². The zero-order valence-corrected chi connectivity index (χ0v) is 21.3. The third-order valence-corrected chi connectivity index (χ3v) is 5.76. The molecule has 0 aliphatic rings. The molecule has 37 heavy (non-hydrogen) atoms. The zero-order chi connectivity index (χ0) is 26.9. The van der Waals surface area contributed by atoms with Crippen molar-refractivity contribution >= 4 is 40.9 Å². The standard InChI is InChI=1S/C27H27ClN4O5/c1-16(2)23(27(36)32-31-26(35)19-8-4-6-10-21(19)28)30-25(34)20-9-5-7-11-22(20)29-24(33)17-12-14-18(37-3)15-13-17/h4-16,23H,1-3H3,(H,29,33)(H,30,34)(H,31,35)(H,32,36). The lowest BCUT2D eigenvalue weighted by Crippen LogP contribution is -2.54. The molecule has 0 radical (unpaired) electrons. The fourth-order valence-corrected chi connectivity index (χ4v) is 3.61. The van der Waals surface area contributed by atoms with Gasteiger partial charge in [0.05, 0.1) is 28.9 Å². The lowest BCUT2D eigenvalue weighted by Gasteiger charge is -2.22. The zero-order valence-electron chi connectivity index (χ0n) is 20.5. The molecule has 1 atom stereocenters. The van der Waals surface area contributed by atoms with Crippen molar-refractivity contribution in [1.29, 1.82) is 0 Å². The van der Waals surface area contributed by atoms with Gasteiger partial charge in [0, 0.05) is 5.56 Å². The number of amides is 4. The number of carbonyl (C=O) groups is 4. The van der Waals surface area contributed by atoms with E-state index in [4.69, 9.17) is 16.3 Å². The molecule has 0 aromatic heterocycles. The number of hydrogen-bond acceptors (Lipinski definition) is 5. The minimum atomic E-state index is -0.982. The predicted octanol–water partition coefficient (Wildman–Crippen LogP) is 3.82. The van der Waals surface area contributed by atoms with Gasteiger partial charge in [-0.3, -0.25) is 30.0 Å². The van der Waals surface area contributed by atoms with Crippen molar-refractivity contribution in [2.75, 3.05) is 12.4 Å². The molecule has 3 rings (SSSR count). The molecular weight excluding hydrogens is 496 g/mol. The molecule has 3 aromatic rings. The summed E-state index contributed by atoms with van der Waals surface area (Å²) in [6.07, 6.45) is 0. The number of hydrogen-bond donors (Lipinski definition) is 4. The van der Waals surface area contributed by atoms with E-state index >= 15 is 0 Å². The molecule has 0 saturated carbocycles. The number of halogens is 1. The van der Waals surface area contributed by atoms with E-state index in [2.05, 4.69) is 21.5 Å². The number of hydrazine groups is 1. The molecule has 0 spiro atoms. The maximum atomic E-state index is 13.1. The number of methoxy groups -OCH3 is 1. The molecule has 192 valence electrons. The van der Waals surface area contributed by atoms with E-state index in [-0.39, 0.29) is 27.8 Å². The molecule has 0 aliphatic carbocycles. The van der Waals surface area contributed by atoms with Gasteiger partial charge in [-0.1, -0.05) is 49.7 Å². The molecule has 4 amide bonds. The van der Waals surface area contributed by atoms with E-state index in [0.717, 1.165) is 0 Å². The Hall–Kier alpha value is -4.37. The van der Waals surface area contributed by atoms with Crippen LogP contribution in [0.1, 0.15) is 44.9 Å². The number of ether oxygens (including phenoxy) is 1. The number of carbonyl (C=O) groups excluding carboxylic acids is 4. The van der Waals surface area contributed by atoms with Crippen LogP contribution in [0.5, 0.6) is 5.75 Å². The Labute approximate surface area is 219 Å². The summed E-state index contributed by atoms with van der Waals surface area (Å²) in [7, 11) is 1.53. The van der Waals surface area contributed by atoms with E-state index in [1.54, 1.807) is 74.5 Å². The van der Waals surface area contributed by atoms with Crippen LogP contribution in [-0.4, -0.2) is 36.8 Å². The maximum Gasteiger partial charge on any atom is 0.271 e. The van der Waals surface area contributed by atoms with Crippen LogP contribution in [-0.2, 0) is 4.79 Å². The minimum Gasteiger partial charge on any atom is -0.497 e. The fourth-order valence-electron chi connectivity index (χ4n) is 3.39. The highest BCUT2D eigenvalue weighted by Crippen LogP contribution is 2.19. The molecular formula is C27H27ClN4O5. The summed E-state index contributed by atoms with van der Waals surface area (Å²) in [5.41, 5.74) is 5.66. The van der Waals surface area contributed by atoms with Crippen molar-refractivity contribution in [3.05, 3.63) is 94.5 Å². The van der Waals surface area contributed by atoms with Crippen molar-refractivity contribution in [2.45, 2.75) is 19.9 Å². The third-order valence-electron chi connectivity index (χ3n) is 5.43. The van der Waals surface area contributed by atoms with Crippen LogP contribution in [0.2, 0.25) is 5.02 Å². The van der Waals surface area contributed by atoms with Gasteiger partial charge in [-0.05, 0) is 54.4 Å². The van der Waals surface area contributed by atoms with E-state index < -0.39 is 29.7 Å². The van der Waals surface area contributed by atoms with Gasteiger partial charge >= 0.3 is 0 Å². The second-order valence-corrected chi connectivity index (χ2v) is 8.75. The summed E-state index contributed by atoms with van der Waals surface area (Å²) >= 11 is 6.02. The first-order valence-electron chi connectivity index (χ1n) is 11.4. The topological polar surface area (TPSA) is 126 Å². The highest BCUT2D eigenvalue weighted by Gasteiger charge is 2.26. The molecule has 0 saturated heterocycles. The van der Waals surface area contributed by atoms with Crippen molar-refractivity contribution in [1.82, 2.24) is 16.2 Å². The van der Waals surface area contributed by atoms with E-state index in [0.29, 0.717) is 11.3 Å². The number of para-hydroxylation sites is 1. The molecule has 0 aliphatic heterocycles. The average Bonchev–Trinajstić information content (AvgIpc) is 2.90. The quantitative estimate of drug-likeness (QED) is 0.335. The van der Waals surface area contributed by atoms with Gasteiger partial charge < -0.3 is 15.4 Å². The van der Waals surface area contributed by atoms with Crippen molar-refractivity contribution in [3.63, 3.8) is 0 Å². The van der Waals surface area contributed by atoms with Gasteiger partial charge in [0.15, 0.2) is 0 Å². The lowest BCUT2D eigenvalue weighted by molar-refractivity contribution is -0.124. The molecule has 0 heterocycles. The Morgan fingerprint density at radius 2 is 1.38 bits per heavy atom. The summed E-state index contributed by atoms with van der Waals surface area (Å²) in [5.74, 6) is -1.91. The van der Waals surface area contributed by atoms with Crippen LogP contribution >= 0.6 is 11.6 Å². The molecule has 0 fully saturated rings. The van der Waals surface area contributed by atoms with Crippen LogP contribution in [0, 0.1) is 5.92 Å². The van der Waals surface area contributed by atoms with E-state index in [1.165, 1.54) is 19.2 Å². The first-order valence-corrected chi connectivity index (χ1v) is 11.8. The smallest absolute Gasteiger partial charge is 0.271 e. The highest BCUT2D eigenvalue weighted by molar-refractivity contribution is 6.33. The second kappa shape index (κ2) is 12.5. The summed E-state index contributed by atoms with van der Waals surface area (Å²) in [6.45, 7) is 3.50. The first-order chi connectivity index (χ1) is 17.7. The van der Waals surface area contributed by atoms with E-state index in [1.807, 2.05) is 0 Å². The van der Waals surface area contributed by atoms with Crippen LogP contribution in [0.25, 0.3) is 0 Å². The molecule has 1 unspecified atom stereocenters. The molecule has 4 N–H and O–H groups in total. The normalized spacial score (nSPS) is 11.3. The van der Waals surface area contributed by atoms with Gasteiger partial charge in [-0.2, -0.15) is 0 Å². The van der Waals surface area contributed by atoms with Crippen molar-refractivity contribution in [3.8, 4) is 5.75 Å². The van der Waals surface area contributed by atoms with Crippen molar-refractivity contribution < 1.29 is 23.9 Å². The SMILES string of the molecule is COc1ccc(C(=O)Nc2ccccc2C(=O)NC(C(=O)NNC(=O)c2ccccc2Cl)C(C)C)cc1. The van der Waals surface area contributed by atoms with Gasteiger partial charge in [0.2, 0.25) is 0 Å². The van der Waals surface area contributed by atoms with Gasteiger partial charge in [0.1, 0.15) is 11.8 Å². The first kappa shape index (κ1) is 27.2. The Balaban J connectivity index is 1.69.